The van der Waals surface area contributed by atoms with Gasteiger partial charge in [0, 0.05) is 16.5 Å². The van der Waals surface area contributed by atoms with Crippen LogP contribution in [-0.4, -0.2) is 15.5 Å². The molecule has 7 heteroatoms. The summed E-state index contributed by atoms with van der Waals surface area (Å²) in [7, 11) is 0. The zero-order valence-electron chi connectivity index (χ0n) is 12.7. The number of carbonyl (C=O) groups excluding carboxylic acids is 1. The second-order valence-electron chi connectivity index (χ2n) is 5.07. The molecule has 0 spiro atoms. The Balaban J connectivity index is 1.98. The van der Waals surface area contributed by atoms with Gasteiger partial charge in [-0.05, 0) is 26.0 Å². The number of para-hydroxylation sites is 1. The molecule has 0 unspecified atom stereocenters. The van der Waals surface area contributed by atoms with E-state index in [0.29, 0.717) is 5.13 Å². The molecule has 0 fully saturated rings. The molecule has 0 aliphatic carbocycles. The number of benzene rings is 1. The van der Waals surface area contributed by atoms with Gasteiger partial charge in [0.2, 0.25) is 0 Å². The number of aromatic nitrogens is 2. The van der Waals surface area contributed by atoms with Crippen molar-refractivity contribution in [2.45, 2.75) is 20.4 Å². The molecule has 0 saturated heterocycles. The summed E-state index contributed by atoms with van der Waals surface area (Å²) in [4.78, 5) is 30.6. The topological polar surface area (TPSA) is 55.2 Å². The van der Waals surface area contributed by atoms with Crippen molar-refractivity contribution in [3.63, 3.8) is 0 Å². The van der Waals surface area contributed by atoms with Crippen molar-refractivity contribution in [2.75, 3.05) is 4.90 Å². The highest BCUT2D eigenvalue weighted by atomic mass is 32.1. The molecule has 0 aliphatic heterocycles. The van der Waals surface area contributed by atoms with Crippen LogP contribution in [0.2, 0.25) is 0 Å². The molecule has 0 N–H and O–H groups in total. The number of thiazole rings is 2. The summed E-state index contributed by atoms with van der Waals surface area (Å²) in [6.45, 7) is 3.72. The van der Waals surface area contributed by atoms with E-state index in [1.807, 2.05) is 49.6 Å². The fourth-order valence-electron chi connectivity index (χ4n) is 2.18. The number of amides is 1. The highest BCUT2D eigenvalue weighted by Gasteiger charge is 2.22. The Hall–Kier alpha value is -2.25. The van der Waals surface area contributed by atoms with Crippen LogP contribution in [0.3, 0.4) is 0 Å². The van der Waals surface area contributed by atoms with Gasteiger partial charge in [0.1, 0.15) is 6.54 Å². The van der Waals surface area contributed by atoms with Gasteiger partial charge in [-0.25, -0.2) is 4.98 Å². The minimum atomic E-state index is -0.186. The van der Waals surface area contributed by atoms with E-state index in [-0.39, 0.29) is 17.3 Å². The summed E-state index contributed by atoms with van der Waals surface area (Å²) in [5.74, 6) is -0.186. The van der Waals surface area contributed by atoms with Crippen molar-refractivity contribution in [1.29, 1.82) is 0 Å². The summed E-state index contributed by atoms with van der Waals surface area (Å²) in [6.07, 6.45) is 0. The highest BCUT2D eigenvalue weighted by Crippen LogP contribution is 2.28. The number of aryl methyl sites for hydroxylation is 2. The maximum absolute atomic E-state index is 12.9. The normalized spacial score (nSPS) is 10.7. The Morgan fingerprint density at radius 1 is 1.17 bits per heavy atom. The average molecular weight is 345 g/mol. The van der Waals surface area contributed by atoms with Crippen LogP contribution < -0.4 is 9.77 Å². The van der Waals surface area contributed by atoms with Gasteiger partial charge in [-0.15, -0.1) is 11.3 Å². The number of hydrogen-bond acceptors (Lipinski definition) is 5. The van der Waals surface area contributed by atoms with E-state index in [4.69, 9.17) is 0 Å². The second-order valence-corrected chi connectivity index (χ2v) is 6.72. The SMILES string of the molecule is Cc1csc(N(C(=O)Cn2c(C)csc2=O)c2ccccc2)n1. The van der Waals surface area contributed by atoms with E-state index < -0.39 is 0 Å². The second kappa shape index (κ2) is 6.47. The lowest BCUT2D eigenvalue weighted by molar-refractivity contribution is -0.118. The van der Waals surface area contributed by atoms with Crippen LogP contribution in [0.4, 0.5) is 10.8 Å². The van der Waals surface area contributed by atoms with Crippen molar-refractivity contribution in [2.24, 2.45) is 0 Å². The van der Waals surface area contributed by atoms with E-state index in [1.54, 1.807) is 10.3 Å². The fourth-order valence-corrected chi connectivity index (χ4v) is 3.76. The first-order valence-electron chi connectivity index (χ1n) is 7.01. The van der Waals surface area contributed by atoms with E-state index in [0.717, 1.165) is 28.4 Å². The van der Waals surface area contributed by atoms with Gasteiger partial charge in [0.15, 0.2) is 5.13 Å². The summed E-state index contributed by atoms with van der Waals surface area (Å²) >= 11 is 2.52. The third-order valence-corrected chi connectivity index (χ3v) is 5.16. The molecule has 0 saturated carbocycles. The minimum absolute atomic E-state index is 0.00168. The van der Waals surface area contributed by atoms with Crippen LogP contribution in [0.15, 0.2) is 45.9 Å². The number of hydrogen-bond donors (Lipinski definition) is 0. The molecule has 23 heavy (non-hydrogen) atoms. The Morgan fingerprint density at radius 3 is 2.48 bits per heavy atom. The first-order valence-corrected chi connectivity index (χ1v) is 8.77. The van der Waals surface area contributed by atoms with Crippen molar-refractivity contribution >= 4 is 39.4 Å². The third kappa shape index (κ3) is 3.25. The van der Waals surface area contributed by atoms with Crippen LogP contribution in [0.5, 0.6) is 0 Å². The molecule has 3 aromatic rings. The van der Waals surface area contributed by atoms with Gasteiger partial charge >= 0.3 is 4.87 Å². The first kappa shape index (κ1) is 15.6. The Labute approximate surface area is 141 Å². The number of rotatable bonds is 4. The molecule has 0 bridgehead atoms. The Bertz CT molecular complexity index is 880. The molecule has 0 aliphatic rings. The Morgan fingerprint density at radius 2 is 1.91 bits per heavy atom. The predicted molar refractivity (Wildman–Crippen MR) is 93.8 cm³/mol. The van der Waals surface area contributed by atoms with Crippen molar-refractivity contribution < 1.29 is 4.79 Å². The van der Waals surface area contributed by atoms with Gasteiger partial charge in [-0.1, -0.05) is 29.5 Å². The number of carbonyl (C=O) groups is 1. The summed E-state index contributed by atoms with van der Waals surface area (Å²) in [5, 5.41) is 4.27. The smallest absolute Gasteiger partial charge is 0.294 e. The van der Waals surface area contributed by atoms with Gasteiger partial charge < -0.3 is 0 Å². The zero-order chi connectivity index (χ0) is 16.4. The molecule has 1 amide bonds. The van der Waals surface area contributed by atoms with Crippen LogP contribution in [0, 0.1) is 13.8 Å². The van der Waals surface area contributed by atoms with Crippen molar-refractivity contribution in [1.82, 2.24) is 9.55 Å². The maximum Gasteiger partial charge on any atom is 0.307 e. The molecular formula is C16H15N3O2S2. The van der Waals surface area contributed by atoms with Gasteiger partial charge in [-0.3, -0.25) is 19.1 Å². The van der Waals surface area contributed by atoms with Crippen molar-refractivity contribution in [3.8, 4) is 0 Å². The maximum atomic E-state index is 12.9. The molecule has 5 nitrogen and oxygen atoms in total. The lowest BCUT2D eigenvalue weighted by Crippen LogP contribution is -2.32. The summed E-state index contributed by atoms with van der Waals surface area (Å²) in [5.41, 5.74) is 2.40. The summed E-state index contributed by atoms with van der Waals surface area (Å²) < 4.78 is 1.49. The van der Waals surface area contributed by atoms with Gasteiger partial charge in [0.25, 0.3) is 5.91 Å². The van der Waals surface area contributed by atoms with Gasteiger partial charge in [-0.2, -0.15) is 0 Å². The van der Waals surface area contributed by atoms with E-state index >= 15 is 0 Å². The highest BCUT2D eigenvalue weighted by molar-refractivity contribution is 7.14. The number of nitrogens with zero attached hydrogens (tertiary/aromatic N) is 3. The van der Waals surface area contributed by atoms with Crippen LogP contribution in [0.25, 0.3) is 0 Å². The van der Waals surface area contributed by atoms with Crippen LogP contribution in [0.1, 0.15) is 11.4 Å². The Kier molecular flexibility index (Phi) is 4.40. The van der Waals surface area contributed by atoms with E-state index in [9.17, 15) is 9.59 Å². The average Bonchev–Trinajstić information content (AvgIpc) is 3.09. The molecule has 2 heterocycles. The monoisotopic (exact) mass is 345 g/mol. The first-order chi connectivity index (χ1) is 11.1. The molecule has 1 aromatic carbocycles. The van der Waals surface area contributed by atoms with Crippen LogP contribution >= 0.6 is 22.7 Å². The lowest BCUT2D eigenvalue weighted by atomic mass is 10.3. The largest absolute Gasteiger partial charge is 0.307 e. The van der Waals surface area contributed by atoms with Gasteiger partial charge in [0.05, 0.1) is 11.4 Å². The van der Waals surface area contributed by atoms with Crippen molar-refractivity contribution in [3.05, 3.63) is 62.1 Å². The molecule has 2 aromatic heterocycles. The zero-order valence-corrected chi connectivity index (χ0v) is 14.4. The summed E-state index contributed by atoms with van der Waals surface area (Å²) in [6, 6.07) is 9.36. The fraction of sp³-hybridized carbons (Fsp3) is 0.188. The standard InChI is InChI=1S/C16H15N3O2S2/c1-11-9-22-15(17-11)19(13-6-4-3-5-7-13)14(20)8-18-12(2)10-23-16(18)21/h3-7,9-10H,8H2,1-2H3. The molecule has 0 atom stereocenters. The third-order valence-electron chi connectivity index (χ3n) is 3.33. The molecule has 0 radical (unpaired) electrons. The predicted octanol–water partition coefficient (Wildman–Crippen LogP) is 3.35. The molecular weight excluding hydrogens is 330 g/mol. The lowest BCUT2D eigenvalue weighted by Gasteiger charge is -2.20. The van der Waals surface area contributed by atoms with E-state index in [1.165, 1.54) is 15.9 Å². The van der Waals surface area contributed by atoms with Crippen LogP contribution in [-0.2, 0) is 11.3 Å². The molecule has 118 valence electrons. The minimum Gasteiger partial charge on any atom is -0.294 e. The van der Waals surface area contributed by atoms with E-state index in [2.05, 4.69) is 4.98 Å². The molecule has 3 rings (SSSR count). The number of anilines is 2. The quantitative estimate of drug-likeness (QED) is 0.729.